The number of nitrogens with zero attached hydrogens (tertiary/aromatic N) is 1. The summed E-state index contributed by atoms with van der Waals surface area (Å²) < 4.78 is 6.10. The van der Waals surface area contributed by atoms with Gasteiger partial charge in [0.25, 0.3) is 0 Å². The normalized spacial score (nSPS) is 13.4. The van der Waals surface area contributed by atoms with Crippen molar-refractivity contribution in [3.05, 3.63) is 53.2 Å². The average molecular weight is 331 g/mol. The molecule has 1 aromatic heterocycles. The molecule has 0 aliphatic heterocycles. The number of pyridine rings is 1. The van der Waals surface area contributed by atoms with Gasteiger partial charge in [0.05, 0.1) is 5.69 Å². The Morgan fingerprint density at radius 3 is 2.78 bits per heavy atom. The first-order valence-corrected chi connectivity index (χ1v) is 8.44. The molecule has 2 rings (SSSR count). The van der Waals surface area contributed by atoms with Gasteiger partial charge in [-0.1, -0.05) is 18.2 Å². The Kier molecular flexibility index (Phi) is 6.30. The molecule has 0 saturated carbocycles. The Hall–Kier alpha value is -1.72. The van der Waals surface area contributed by atoms with Gasteiger partial charge in [-0.15, -0.1) is 0 Å². The summed E-state index contributed by atoms with van der Waals surface area (Å²) in [7, 11) is 0. The number of anilines is 1. The van der Waals surface area contributed by atoms with E-state index < -0.39 is 0 Å². The molecule has 0 spiro atoms. The van der Waals surface area contributed by atoms with Crippen molar-refractivity contribution < 1.29 is 4.74 Å². The topological polar surface area (TPSA) is 60.2 Å². The zero-order chi connectivity index (χ0) is 16.8. The van der Waals surface area contributed by atoms with Gasteiger partial charge in [-0.2, -0.15) is 12.6 Å². The van der Waals surface area contributed by atoms with Crippen molar-refractivity contribution in [2.24, 2.45) is 5.73 Å². The summed E-state index contributed by atoms with van der Waals surface area (Å²) in [5.41, 5.74) is 10.4. The molecule has 0 aliphatic carbocycles. The van der Waals surface area contributed by atoms with Gasteiger partial charge in [-0.05, 0) is 49.6 Å². The van der Waals surface area contributed by atoms with Crippen LogP contribution in [0.3, 0.4) is 0 Å². The number of benzene rings is 1. The van der Waals surface area contributed by atoms with Gasteiger partial charge in [0, 0.05) is 24.5 Å². The number of aromatic nitrogens is 1. The molecule has 0 saturated heterocycles. The lowest BCUT2D eigenvalue weighted by Gasteiger charge is -2.20. The molecule has 124 valence electrons. The summed E-state index contributed by atoms with van der Waals surface area (Å²) in [6, 6.07) is 10.1. The maximum atomic E-state index is 6.10. The van der Waals surface area contributed by atoms with Gasteiger partial charge in [-0.25, -0.2) is 4.98 Å². The number of rotatable bonds is 7. The minimum atomic E-state index is -0.0797. The van der Waals surface area contributed by atoms with Crippen LogP contribution in [0.2, 0.25) is 0 Å². The van der Waals surface area contributed by atoms with E-state index in [1.807, 2.05) is 19.1 Å². The number of ether oxygens (including phenoxy) is 1. The van der Waals surface area contributed by atoms with Crippen molar-refractivity contribution in [2.45, 2.75) is 32.9 Å². The van der Waals surface area contributed by atoms with E-state index in [4.69, 9.17) is 10.5 Å². The van der Waals surface area contributed by atoms with Gasteiger partial charge in [-0.3, -0.25) is 0 Å². The molecule has 2 unspecified atom stereocenters. The highest BCUT2D eigenvalue weighted by atomic mass is 32.1. The van der Waals surface area contributed by atoms with Crippen molar-refractivity contribution in [1.82, 2.24) is 4.98 Å². The van der Waals surface area contributed by atoms with Gasteiger partial charge < -0.3 is 15.8 Å². The van der Waals surface area contributed by atoms with Gasteiger partial charge in [0.1, 0.15) is 6.10 Å². The lowest BCUT2D eigenvalue weighted by atomic mass is 10.00. The summed E-state index contributed by atoms with van der Waals surface area (Å²) in [6.07, 6.45) is 1.65. The molecule has 2 aromatic rings. The second-order valence-corrected chi connectivity index (χ2v) is 6.09. The molecule has 23 heavy (non-hydrogen) atoms. The van der Waals surface area contributed by atoms with Crippen LogP contribution in [0, 0.1) is 13.8 Å². The zero-order valence-corrected chi connectivity index (χ0v) is 14.8. The molecule has 1 heterocycles. The smallest absolute Gasteiger partial charge is 0.237 e. The second kappa shape index (κ2) is 8.22. The van der Waals surface area contributed by atoms with E-state index in [1.165, 1.54) is 16.7 Å². The van der Waals surface area contributed by atoms with Crippen LogP contribution < -0.4 is 15.8 Å². The Balaban J connectivity index is 2.14. The molecule has 4 nitrogen and oxygen atoms in total. The Morgan fingerprint density at radius 2 is 2.04 bits per heavy atom. The second-order valence-electron chi connectivity index (χ2n) is 5.73. The van der Waals surface area contributed by atoms with Crippen LogP contribution in [0.15, 0.2) is 36.5 Å². The lowest BCUT2D eigenvalue weighted by molar-refractivity contribution is 0.218. The van der Waals surface area contributed by atoms with E-state index in [1.54, 1.807) is 6.20 Å². The SMILES string of the molecule is Cc1cccc(C(C)Oc2ncccc2NCC(N)CS)c1C. The van der Waals surface area contributed by atoms with Crippen molar-refractivity contribution in [3.63, 3.8) is 0 Å². The predicted molar refractivity (Wildman–Crippen MR) is 99.5 cm³/mol. The summed E-state index contributed by atoms with van der Waals surface area (Å²) in [4.78, 5) is 4.36. The molecule has 0 aliphatic rings. The molecular formula is C18H25N3OS. The van der Waals surface area contributed by atoms with E-state index in [9.17, 15) is 0 Å². The summed E-state index contributed by atoms with van der Waals surface area (Å²) in [5.74, 6) is 1.22. The third-order valence-electron chi connectivity index (χ3n) is 3.93. The molecule has 0 fully saturated rings. The summed E-state index contributed by atoms with van der Waals surface area (Å²) >= 11 is 4.20. The number of nitrogens with two attached hydrogens (primary N) is 1. The number of aryl methyl sites for hydroxylation is 1. The third kappa shape index (κ3) is 4.62. The fourth-order valence-corrected chi connectivity index (χ4v) is 2.50. The van der Waals surface area contributed by atoms with Crippen molar-refractivity contribution in [1.29, 1.82) is 0 Å². The fraction of sp³-hybridized carbons (Fsp3) is 0.389. The van der Waals surface area contributed by atoms with Crippen molar-refractivity contribution >= 4 is 18.3 Å². The first kappa shape index (κ1) is 17.6. The van der Waals surface area contributed by atoms with E-state index in [0.717, 1.165) is 5.69 Å². The number of hydrogen-bond donors (Lipinski definition) is 3. The molecule has 5 heteroatoms. The Bertz CT molecular complexity index is 648. The monoisotopic (exact) mass is 331 g/mol. The van der Waals surface area contributed by atoms with Crippen LogP contribution in [-0.4, -0.2) is 23.3 Å². The van der Waals surface area contributed by atoms with E-state index in [-0.39, 0.29) is 12.1 Å². The summed E-state index contributed by atoms with van der Waals surface area (Å²) in [6.45, 7) is 6.90. The lowest BCUT2D eigenvalue weighted by Crippen LogP contribution is -2.30. The molecular weight excluding hydrogens is 306 g/mol. The summed E-state index contributed by atoms with van der Waals surface area (Å²) in [5, 5.41) is 3.29. The zero-order valence-electron chi connectivity index (χ0n) is 13.9. The van der Waals surface area contributed by atoms with Crippen LogP contribution in [0.5, 0.6) is 5.88 Å². The molecule has 2 atom stereocenters. The van der Waals surface area contributed by atoms with Gasteiger partial charge >= 0.3 is 0 Å². The molecule has 0 bridgehead atoms. The molecule has 3 N–H and O–H groups in total. The van der Waals surface area contributed by atoms with Crippen LogP contribution in [-0.2, 0) is 0 Å². The van der Waals surface area contributed by atoms with Crippen LogP contribution in [0.25, 0.3) is 0 Å². The first-order chi connectivity index (χ1) is 11.0. The maximum Gasteiger partial charge on any atom is 0.237 e. The highest BCUT2D eigenvalue weighted by Crippen LogP contribution is 2.28. The van der Waals surface area contributed by atoms with E-state index in [2.05, 4.69) is 55.0 Å². The van der Waals surface area contributed by atoms with Gasteiger partial charge in [0.2, 0.25) is 5.88 Å². The van der Waals surface area contributed by atoms with Crippen LogP contribution >= 0.6 is 12.6 Å². The van der Waals surface area contributed by atoms with E-state index >= 15 is 0 Å². The minimum absolute atomic E-state index is 0.0113. The molecule has 0 radical (unpaired) electrons. The number of thiol groups is 1. The highest BCUT2D eigenvalue weighted by Gasteiger charge is 2.14. The van der Waals surface area contributed by atoms with Crippen molar-refractivity contribution in [3.8, 4) is 5.88 Å². The van der Waals surface area contributed by atoms with Crippen molar-refractivity contribution in [2.75, 3.05) is 17.6 Å². The minimum Gasteiger partial charge on any atom is -0.468 e. The van der Waals surface area contributed by atoms with Crippen LogP contribution in [0.1, 0.15) is 29.7 Å². The van der Waals surface area contributed by atoms with E-state index in [0.29, 0.717) is 18.2 Å². The standard InChI is InChI=1S/C18H25N3OS/c1-12-6-4-7-16(13(12)2)14(3)22-18-17(8-5-9-20-18)21-10-15(19)11-23/h4-9,14-15,21,23H,10-11,19H2,1-3H3. The Morgan fingerprint density at radius 1 is 1.26 bits per heavy atom. The first-order valence-electron chi connectivity index (χ1n) is 7.81. The molecule has 0 amide bonds. The molecule has 1 aromatic carbocycles. The quantitative estimate of drug-likeness (QED) is 0.680. The fourth-order valence-electron chi connectivity index (χ4n) is 2.37. The maximum absolute atomic E-state index is 6.10. The highest BCUT2D eigenvalue weighted by molar-refractivity contribution is 7.80. The average Bonchev–Trinajstić information content (AvgIpc) is 2.56. The Labute approximate surface area is 143 Å². The largest absolute Gasteiger partial charge is 0.468 e. The van der Waals surface area contributed by atoms with Gasteiger partial charge in [0.15, 0.2) is 0 Å². The number of hydrogen-bond acceptors (Lipinski definition) is 5. The third-order valence-corrected chi connectivity index (χ3v) is 4.40. The van der Waals surface area contributed by atoms with Crippen LogP contribution in [0.4, 0.5) is 5.69 Å². The predicted octanol–water partition coefficient (Wildman–Crippen LogP) is 3.51. The number of nitrogens with one attached hydrogen (secondary N) is 1.